The van der Waals surface area contributed by atoms with E-state index in [9.17, 15) is 10.1 Å². The Morgan fingerprint density at radius 1 is 1.21 bits per heavy atom. The molecule has 122 valence electrons. The predicted octanol–water partition coefficient (Wildman–Crippen LogP) is 3.62. The van der Waals surface area contributed by atoms with Crippen LogP contribution >= 0.6 is 0 Å². The highest BCUT2D eigenvalue weighted by Crippen LogP contribution is 2.38. The van der Waals surface area contributed by atoms with Crippen LogP contribution in [0, 0.1) is 10.1 Å². The van der Waals surface area contributed by atoms with Gasteiger partial charge in [-0.2, -0.15) is 0 Å². The zero-order chi connectivity index (χ0) is 17.1. The Morgan fingerprint density at radius 3 is 2.58 bits per heavy atom. The van der Waals surface area contributed by atoms with Crippen molar-refractivity contribution in [2.75, 3.05) is 4.90 Å². The minimum Gasteiger partial charge on any atom is -0.358 e. The van der Waals surface area contributed by atoms with Gasteiger partial charge < -0.3 is 15.0 Å². The highest BCUT2D eigenvalue weighted by molar-refractivity contribution is 5.68. The maximum absolute atomic E-state index is 11.4. The Bertz CT molecular complexity index is 833. The van der Waals surface area contributed by atoms with Gasteiger partial charge in [0, 0.05) is 25.1 Å². The molecule has 7 nitrogen and oxygen atoms in total. The van der Waals surface area contributed by atoms with Crippen molar-refractivity contribution in [1.82, 2.24) is 14.5 Å². The van der Waals surface area contributed by atoms with Crippen LogP contribution < -0.4 is 4.90 Å². The van der Waals surface area contributed by atoms with E-state index < -0.39 is 4.92 Å². The number of aryl methyl sites for hydroxylation is 1. The number of pyridine rings is 1. The summed E-state index contributed by atoms with van der Waals surface area (Å²) in [5.74, 6) is 0.264. The minimum absolute atomic E-state index is 0.157. The van der Waals surface area contributed by atoms with Crippen LogP contribution in [0.2, 0.25) is 0 Å². The lowest BCUT2D eigenvalue weighted by atomic mass is 10.1. The van der Waals surface area contributed by atoms with Gasteiger partial charge in [0.15, 0.2) is 0 Å². The summed E-state index contributed by atoms with van der Waals surface area (Å²) >= 11 is 0. The number of benzene rings is 1. The van der Waals surface area contributed by atoms with Crippen molar-refractivity contribution in [3.05, 3.63) is 76.9 Å². The fourth-order valence-corrected chi connectivity index (χ4v) is 2.71. The molecule has 0 saturated carbocycles. The molecular formula is C17H17N5O2. The summed E-state index contributed by atoms with van der Waals surface area (Å²) in [5.41, 5.74) is 1.80. The Kier molecular flexibility index (Phi) is 4.24. The van der Waals surface area contributed by atoms with Crippen LogP contribution in [0.5, 0.6) is 0 Å². The molecule has 1 atom stereocenters. The first-order valence-corrected chi connectivity index (χ1v) is 7.49. The van der Waals surface area contributed by atoms with E-state index in [1.807, 2.05) is 54.3 Å². The molecule has 0 spiro atoms. The Balaban J connectivity index is 2.17. The van der Waals surface area contributed by atoms with Gasteiger partial charge in [0.05, 0.1) is 6.04 Å². The lowest BCUT2D eigenvalue weighted by Crippen LogP contribution is -2.24. The van der Waals surface area contributed by atoms with E-state index in [1.54, 1.807) is 24.0 Å². The maximum atomic E-state index is 11.4. The van der Waals surface area contributed by atoms with E-state index >= 15 is 0 Å². The van der Waals surface area contributed by atoms with E-state index in [4.69, 9.17) is 0 Å². The second kappa shape index (κ2) is 6.49. The summed E-state index contributed by atoms with van der Waals surface area (Å²) in [6.07, 6.45) is 4.93. The van der Waals surface area contributed by atoms with Crippen LogP contribution in [0.25, 0.3) is 0 Å². The number of rotatable bonds is 5. The van der Waals surface area contributed by atoms with Gasteiger partial charge >= 0.3 is 5.82 Å². The number of imidazole rings is 1. The average Bonchev–Trinajstić information content (AvgIpc) is 2.99. The summed E-state index contributed by atoms with van der Waals surface area (Å²) in [5, 5.41) is 11.4. The first-order chi connectivity index (χ1) is 11.6. The van der Waals surface area contributed by atoms with E-state index in [2.05, 4.69) is 9.97 Å². The highest BCUT2D eigenvalue weighted by Gasteiger charge is 2.30. The molecule has 1 unspecified atom stereocenters. The van der Waals surface area contributed by atoms with Crippen LogP contribution in [0.15, 0.2) is 61.2 Å². The zero-order valence-electron chi connectivity index (χ0n) is 13.4. The molecule has 0 aliphatic rings. The van der Waals surface area contributed by atoms with Crippen molar-refractivity contribution < 1.29 is 4.92 Å². The van der Waals surface area contributed by atoms with Crippen molar-refractivity contribution in [2.24, 2.45) is 7.05 Å². The first-order valence-electron chi connectivity index (χ1n) is 7.49. The van der Waals surface area contributed by atoms with Gasteiger partial charge in [0.2, 0.25) is 12.1 Å². The predicted molar refractivity (Wildman–Crippen MR) is 91.1 cm³/mol. The van der Waals surface area contributed by atoms with Crippen LogP contribution in [0.1, 0.15) is 18.5 Å². The lowest BCUT2D eigenvalue weighted by Gasteiger charge is -2.30. The monoisotopic (exact) mass is 323 g/mol. The third kappa shape index (κ3) is 2.83. The van der Waals surface area contributed by atoms with Gasteiger partial charge in [-0.05, 0) is 40.6 Å². The average molecular weight is 323 g/mol. The van der Waals surface area contributed by atoms with Crippen LogP contribution in [0.4, 0.5) is 17.3 Å². The Labute approximate surface area is 139 Å². The molecule has 0 aliphatic carbocycles. The number of anilines is 2. The first kappa shape index (κ1) is 15.7. The summed E-state index contributed by atoms with van der Waals surface area (Å²) in [6, 6.07) is 13.2. The molecule has 3 rings (SSSR count). The standard InChI is InChI=1S/C17H17N5O2/c1-13(14-7-6-10-18-11-14)21(15-8-4-3-5-9-15)17-16(22(23)24)19-12-20(17)2/h3-13H,1-2H3. The molecule has 0 saturated heterocycles. The van der Waals surface area contributed by atoms with Gasteiger partial charge in [-0.1, -0.05) is 24.3 Å². The van der Waals surface area contributed by atoms with Gasteiger partial charge in [0.25, 0.3) is 0 Å². The number of nitro groups is 1. The minimum atomic E-state index is -0.457. The molecule has 0 fully saturated rings. The highest BCUT2D eigenvalue weighted by atomic mass is 16.6. The van der Waals surface area contributed by atoms with Gasteiger partial charge in [0.1, 0.15) is 0 Å². The second-order valence-corrected chi connectivity index (χ2v) is 5.43. The van der Waals surface area contributed by atoms with Gasteiger partial charge in [-0.25, -0.2) is 0 Å². The molecule has 24 heavy (non-hydrogen) atoms. The number of hydrogen-bond acceptors (Lipinski definition) is 5. The third-order valence-corrected chi connectivity index (χ3v) is 3.88. The van der Waals surface area contributed by atoms with E-state index in [0.717, 1.165) is 11.3 Å². The SMILES string of the molecule is CC(c1cccnc1)N(c1ccccc1)c1c([N+](=O)[O-])ncn1C. The molecule has 0 N–H and O–H groups in total. The molecule has 3 aromatic rings. The molecule has 0 radical (unpaired) electrons. The molecule has 2 heterocycles. The normalized spacial score (nSPS) is 11.9. The topological polar surface area (TPSA) is 77.1 Å². The van der Waals surface area contributed by atoms with E-state index in [0.29, 0.717) is 5.82 Å². The molecule has 0 amide bonds. The largest absolute Gasteiger partial charge is 0.407 e. The van der Waals surface area contributed by atoms with Crippen LogP contribution in [0.3, 0.4) is 0 Å². The molecule has 0 aliphatic heterocycles. The fraction of sp³-hybridized carbons (Fsp3) is 0.176. The van der Waals surface area contributed by atoms with Crippen molar-refractivity contribution in [2.45, 2.75) is 13.0 Å². The smallest absolute Gasteiger partial charge is 0.358 e. The third-order valence-electron chi connectivity index (χ3n) is 3.88. The maximum Gasteiger partial charge on any atom is 0.407 e. The number of hydrogen-bond donors (Lipinski definition) is 0. The summed E-state index contributed by atoms with van der Waals surface area (Å²) < 4.78 is 1.66. The van der Waals surface area contributed by atoms with Gasteiger partial charge in [-0.15, -0.1) is 0 Å². The van der Waals surface area contributed by atoms with Crippen molar-refractivity contribution in [3.8, 4) is 0 Å². The van der Waals surface area contributed by atoms with E-state index in [1.165, 1.54) is 6.33 Å². The second-order valence-electron chi connectivity index (χ2n) is 5.43. The quantitative estimate of drug-likeness (QED) is 0.529. The van der Waals surface area contributed by atoms with Crippen LogP contribution in [-0.2, 0) is 7.05 Å². The molecule has 1 aromatic carbocycles. The summed E-state index contributed by atoms with van der Waals surface area (Å²) in [6.45, 7) is 1.99. The fourth-order valence-electron chi connectivity index (χ4n) is 2.71. The lowest BCUT2D eigenvalue weighted by molar-refractivity contribution is -0.388. The zero-order valence-corrected chi connectivity index (χ0v) is 13.4. The Morgan fingerprint density at radius 2 is 1.96 bits per heavy atom. The summed E-state index contributed by atoms with van der Waals surface area (Å²) in [7, 11) is 1.75. The molecule has 2 aromatic heterocycles. The van der Waals surface area contributed by atoms with Crippen molar-refractivity contribution in [3.63, 3.8) is 0 Å². The van der Waals surface area contributed by atoms with E-state index in [-0.39, 0.29) is 11.9 Å². The Hall–Kier alpha value is -3.22. The molecule has 0 bridgehead atoms. The number of nitrogens with zero attached hydrogens (tertiary/aromatic N) is 5. The van der Waals surface area contributed by atoms with Gasteiger partial charge in [-0.3, -0.25) is 9.55 Å². The summed E-state index contributed by atoms with van der Waals surface area (Å²) in [4.78, 5) is 21.0. The number of para-hydroxylation sites is 1. The van der Waals surface area contributed by atoms with Crippen molar-refractivity contribution >= 4 is 17.3 Å². The number of aromatic nitrogens is 3. The van der Waals surface area contributed by atoms with Crippen molar-refractivity contribution in [1.29, 1.82) is 0 Å². The van der Waals surface area contributed by atoms with Crippen LogP contribution in [-0.4, -0.2) is 19.5 Å². The molecular weight excluding hydrogens is 306 g/mol. The molecule has 7 heteroatoms.